The van der Waals surface area contributed by atoms with Gasteiger partial charge in [0.05, 0.1) is 0 Å². The molecule has 2 aliphatic heterocycles. The Labute approximate surface area is 159 Å². The maximum absolute atomic E-state index is 12.9. The smallest absolute Gasteiger partial charge is 0.253 e. The summed E-state index contributed by atoms with van der Waals surface area (Å²) in [6.07, 6.45) is 2.19. The highest BCUT2D eigenvalue weighted by Crippen LogP contribution is 2.32. The number of nitrogens with one attached hydrogen (secondary N) is 2. The van der Waals surface area contributed by atoms with Gasteiger partial charge in [-0.2, -0.15) is 0 Å². The molecular weight excluding hydrogens is 346 g/mol. The number of amides is 1. The third-order valence-electron chi connectivity index (χ3n) is 5.60. The summed E-state index contributed by atoms with van der Waals surface area (Å²) in [4.78, 5) is 14.9. The predicted molar refractivity (Wildman–Crippen MR) is 104 cm³/mol. The summed E-state index contributed by atoms with van der Waals surface area (Å²) in [6.45, 7) is 2.55. The number of piperidine rings is 1. The summed E-state index contributed by atoms with van der Waals surface area (Å²) in [6, 6.07) is 18.2. The molecule has 0 radical (unpaired) electrons. The molecule has 0 saturated carbocycles. The number of hydrazine groups is 1. The predicted octanol–water partition coefficient (Wildman–Crippen LogP) is 3.45. The van der Waals surface area contributed by atoms with Crippen LogP contribution in [0.2, 0.25) is 5.02 Å². The highest BCUT2D eigenvalue weighted by atomic mass is 35.5. The van der Waals surface area contributed by atoms with Crippen LogP contribution in [-0.2, 0) is 0 Å². The van der Waals surface area contributed by atoms with Crippen LogP contribution in [-0.4, -0.2) is 36.5 Å². The molecule has 2 N–H and O–H groups in total. The molecule has 0 bridgehead atoms. The van der Waals surface area contributed by atoms with Gasteiger partial charge < -0.3 is 4.90 Å². The lowest BCUT2D eigenvalue weighted by molar-refractivity contribution is 0.0644. The molecule has 0 aromatic heterocycles. The zero-order valence-electron chi connectivity index (χ0n) is 14.7. The molecule has 2 aromatic rings. The van der Waals surface area contributed by atoms with Crippen molar-refractivity contribution >= 4 is 17.5 Å². The van der Waals surface area contributed by atoms with Gasteiger partial charge in [0, 0.05) is 42.2 Å². The van der Waals surface area contributed by atoms with Gasteiger partial charge in [0.1, 0.15) is 0 Å². The molecule has 1 amide bonds. The quantitative estimate of drug-likeness (QED) is 0.870. The SMILES string of the molecule is O=C(c1ccc(Cl)cc1)N1CCCC(C2NNCC2c2ccccc2)C1. The standard InChI is InChI=1S/C21H24ClN3O/c22-18-10-8-16(9-11-18)21(26)25-12-4-7-17(14-25)20-19(13-23-24-20)15-5-2-1-3-6-15/h1-3,5-6,8-11,17,19-20,23-24H,4,7,12-14H2. The van der Waals surface area contributed by atoms with Crippen molar-refractivity contribution in [3.05, 3.63) is 70.7 Å². The fourth-order valence-electron chi connectivity index (χ4n) is 4.25. The second-order valence-electron chi connectivity index (χ2n) is 7.23. The fourth-order valence-corrected chi connectivity index (χ4v) is 4.37. The van der Waals surface area contributed by atoms with E-state index in [1.165, 1.54) is 5.56 Å². The number of rotatable bonds is 3. The van der Waals surface area contributed by atoms with E-state index >= 15 is 0 Å². The van der Waals surface area contributed by atoms with Gasteiger partial charge in [-0.25, -0.2) is 0 Å². The number of nitrogens with zero attached hydrogens (tertiary/aromatic N) is 1. The summed E-state index contributed by atoms with van der Waals surface area (Å²) in [5.41, 5.74) is 8.88. The molecule has 2 aromatic carbocycles. The molecule has 3 unspecified atom stereocenters. The van der Waals surface area contributed by atoms with Crippen LogP contribution in [0.4, 0.5) is 0 Å². The summed E-state index contributed by atoms with van der Waals surface area (Å²) >= 11 is 5.95. The van der Waals surface area contributed by atoms with Crippen LogP contribution >= 0.6 is 11.6 Å². The lowest BCUT2D eigenvalue weighted by atomic mass is 9.81. The van der Waals surface area contributed by atoms with Crippen LogP contribution in [0.25, 0.3) is 0 Å². The molecular formula is C21H24ClN3O. The Balaban J connectivity index is 1.48. The highest BCUT2D eigenvalue weighted by Gasteiger charge is 2.37. The Hall–Kier alpha value is -1.88. The number of hydrogen-bond acceptors (Lipinski definition) is 3. The molecule has 2 aliphatic rings. The van der Waals surface area contributed by atoms with E-state index in [2.05, 4.69) is 41.2 Å². The maximum Gasteiger partial charge on any atom is 0.253 e. The first kappa shape index (κ1) is 17.5. The van der Waals surface area contributed by atoms with Gasteiger partial charge in [-0.3, -0.25) is 15.6 Å². The molecule has 3 atom stereocenters. The van der Waals surface area contributed by atoms with Crippen molar-refractivity contribution < 1.29 is 4.79 Å². The van der Waals surface area contributed by atoms with Crippen LogP contribution in [0.5, 0.6) is 0 Å². The topological polar surface area (TPSA) is 44.4 Å². The zero-order valence-corrected chi connectivity index (χ0v) is 15.5. The summed E-state index contributed by atoms with van der Waals surface area (Å²) in [7, 11) is 0. The largest absolute Gasteiger partial charge is 0.338 e. The van der Waals surface area contributed by atoms with Gasteiger partial charge in [0.2, 0.25) is 0 Å². The molecule has 26 heavy (non-hydrogen) atoms. The zero-order chi connectivity index (χ0) is 17.9. The lowest BCUT2D eigenvalue weighted by Crippen LogP contribution is -2.48. The second-order valence-corrected chi connectivity index (χ2v) is 7.67. The van der Waals surface area contributed by atoms with Gasteiger partial charge in [0.25, 0.3) is 5.91 Å². The third kappa shape index (κ3) is 3.63. The third-order valence-corrected chi connectivity index (χ3v) is 5.85. The van der Waals surface area contributed by atoms with Gasteiger partial charge in [-0.05, 0) is 48.6 Å². The van der Waals surface area contributed by atoms with Gasteiger partial charge >= 0.3 is 0 Å². The summed E-state index contributed by atoms with van der Waals surface area (Å²) < 4.78 is 0. The van der Waals surface area contributed by atoms with E-state index in [4.69, 9.17) is 11.6 Å². The van der Waals surface area contributed by atoms with Crippen LogP contribution in [0, 0.1) is 5.92 Å². The number of hydrogen-bond donors (Lipinski definition) is 2. The molecule has 0 spiro atoms. The number of halogens is 1. The minimum absolute atomic E-state index is 0.105. The van der Waals surface area contributed by atoms with Crippen molar-refractivity contribution in [3.8, 4) is 0 Å². The van der Waals surface area contributed by atoms with E-state index < -0.39 is 0 Å². The second kappa shape index (κ2) is 7.78. The van der Waals surface area contributed by atoms with Gasteiger partial charge in [0.15, 0.2) is 0 Å². The van der Waals surface area contributed by atoms with E-state index in [0.717, 1.165) is 32.5 Å². The van der Waals surface area contributed by atoms with E-state index in [-0.39, 0.29) is 5.91 Å². The van der Waals surface area contributed by atoms with Gasteiger partial charge in [-0.15, -0.1) is 0 Å². The lowest BCUT2D eigenvalue weighted by Gasteiger charge is -2.37. The molecule has 136 valence electrons. The van der Waals surface area contributed by atoms with Crippen molar-refractivity contribution in [1.82, 2.24) is 15.8 Å². The molecule has 2 fully saturated rings. The Kier molecular flexibility index (Phi) is 5.25. The number of likely N-dealkylation sites (tertiary alicyclic amines) is 1. The first-order valence-corrected chi connectivity index (χ1v) is 9.68. The molecule has 0 aliphatic carbocycles. The monoisotopic (exact) mass is 369 g/mol. The Morgan fingerprint density at radius 2 is 1.85 bits per heavy atom. The first-order valence-electron chi connectivity index (χ1n) is 9.30. The fraction of sp³-hybridized carbons (Fsp3) is 0.381. The van der Waals surface area contributed by atoms with Crippen LogP contribution in [0.15, 0.2) is 54.6 Å². The summed E-state index contributed by atoms with van der Waals surface area (Å²) in [5, 5.41) is 0.657. The minimum atomic E-state index is 0.105. The van der Waals surface area contributed by atoms with E-state index in [1.807, 2.05) is 17.0 Å². The molecule has 4 rings (SSSR count). The number of benzene rings is 2. The Morgan fingerprint density at radius 3 is 2.62 bits per heavy atom. The Bertz CT molecular complexity index is 750. The Morgan fingerprint density at radius 1 is 1.08 bits per heavy atom. The van der Waals surface area contributed by atoms with Gasteiger partial charge in [-0.1, -0.05) is 41.9 Å². The first-order chi connectivity index (χ1) is 12.7. The minimum Gasteiger partial charge on any atom is -0.338 e. The van der Waals surface area contributed by atoms with Crippen molar-refractivity contribution in [2.24, 2.45) is 5.92 Å². The van der Waals surface area contributed by atoms with Crippen LogP contribution < -0.4 is 10.9 Å². The van der Waals surface area contributed by atoms with Crippen molar-refractivity contribution in [1.29, 1.82) is 0 Å². The van der Waals surface area contributed by atoms with Crippen molar-refractivity contribution in [2.45, 2.75) is 24.8 Å². The number of carbonyl (C=O) groups is 1. The highest BCUT2D eigenvalue weighted by molar-refractivity contribution is 6.30. The molecule has 5 heteroatoms. The van der Waals surface area contributed by atoms with E-state index in [9.17, 15) is 4.79 Å². The average molecular weight is 370 g/mol. The molecule has 4 nitrogen and oxygen atoms in total. The normalized spacial score (nSPS) is 26.0. The van der Waals surface area contributed by atoms with Crippen LogP contribution in [0.1, 0.15) is 34.7 Å². The van der Waals surface area contributed by atoms with Crippen molar-refractivity contribution in [3.63, 3.8) is 0 Å². The molecule has 2 saturated heterocycles. The van der Waals surface area contributed by atoms with E-state index in [0.29, 0.717) is 28.5 Å². The summed E-state index contributed by atoms with van der Waals surface area (Å²) in [5.74, 6) is 0.987. The van der Waals surface area contributed by atoms with E-state index in [1.54, 1.807) is 12.1 Å². The molecule has 2 heterocycles. The number of carbonyl (C=O) groups excluding carboxylic acids is 1. The maximum atomic E-state index is 12.9. The van der Waals surface area contributed by atoms with Crippen molar-refractivity contribution in [2.75, 3.05) is 19.6 Å². The average Bonchev–Trinajstić information content (AvgIpc) is 3.19. The van der Waals surface area contributed by atoms with Crippen LogP contribution in [0.3, 0.4) is 0 Å².